The van der Waals surface area contributed by atoms with Crippen LogP contribution in [0.3, 0.4) is 0 Å². The minimum absolute atomic E-state index is 0.469. The first-order chi connectivity index (χ1) is 6.24. The SMILES string of the molecule is Nc1cc(C=O)c2ccsc2c1N. The van der Waals surface area contributed by atoms with E-state index in [4.69, 9.17) is 11.5 Å². The summed E-state index contributed by atoms with van der Waals surface area (Å²) in [6.45, 7) is 0. The van der Waals surface area contributed by atoms with Crippen LogP contribution in [0.1, 0.15) is 10.4 Å². The molecule has 66 valence electrons. The van der Waals surface area contributed by atoms with Crippen molar-refractivity contribution in [2.45, 2.75) is 0 Å². The summed E-state index contributed by atoms with van der Waals surface area (Å²) >= 11 is 1.49. The van der Waals surface area contributed by atoms with Gasteiger partial charge in [-0.15, -0.1) is 11.3 Å². The van der Waals surface area contributed by atoms with Crippen LogP contribution < -0.4 is 11.5 Å². The summed E-state index contributed by atoms with van der Waals surface area (Å²) in [6, 6.07) is 3.48. The van der Waals surface area contributed by atoms with E-state index in [2.05, 4.69) is 0 Å². The molecule has 0 saturated heterocycles. The van der Waals surface area contributed by atoms with Crippen molar-refractivity contribution < 1.29 is 4.79 Å². The predicted molar refractivity (Wildman–Crippen MR) is 56.0 cm³/mol. The summed E-state index contributed by atoms with van der Waals surface area (Å²) in [5.74, 6) is 0. The Morgan fingerprint density at radius 3 is 2.85 bits per heavy atom. The molecule has 3 nitrogen and oxygen atoms in total. The summed E-state index contributed by atoms with van der Waals surface area (Å²) in [7, 11) is 0. The van der Waals surface area contributed by atoms with E-state index < -0.39 is 0 Å². The number of benzene rings is 1. The third-order valence-electron chi connectivity index (χ3n) is 1.97. The zero-order valence-corrected chi connectivity index (χ0v) is 7.60. The number of anilines is 2. The number of thiophene rings is 1. The van der Waals surface area contributed by atoms with Gasteiger partial charge in [0, 0.05) is 10.9 Å². The van der Waals surface area contributed by atoms with Gasteiger partial charge in [-0.25, -0.2) is 0 Å². The molecular weight excluding hydrogens is 184 g/mol. The highest BCUT2D eigenvalue weighted by molar-refractivity contribution is 7.18. The number of aldehydes is 1. The Bertz CT molecular complexity index is 476. The van der Waals surface area contributed by atoms with Gasteiger partial charge in [0.2, 0.25) is 0 Å². The molecule has 0 radical (unpaired) electrons. The van der Waals surface area contributed by atoms with Crippen LogP contribution in [0, 0.1) is 0 Å². The van der Waals surface area contributed by atoms with E-state index in [-0.39, 0.29) is 0 Å². The van der Waals surface area contributed by atoms with E-state index in [1.54, 1.807) is 6.07 Å². The lowest BCUT2D eigenvalue weighted by Crippen LogP contribution is -1.96. The fourth-order valence-corrected chi connectivity index (χ4v) is 2.19. The van der Waals surface area contributed by atoms with Crippen molar-refractivity contribution >= 4 is 39.1 Å². The molecule has 0 bridgehead atoms. The van der Waals surface area contributed by atoms with Crippen LogP contribution in [0.25, 0.3) is 10.1 Å². The highest BCUT2D eigenvalue weighted by Crippen LogP contribution is 2.33. The molecule has 0 saturated carbocycles. The lowest BCUT2D eigenvalue weighted by molar-refractivity contribution is 0.112. The van der Waals surface area contributed by atoms with Gasteiger partial charge >= 0.3 is 0 Å². The number of carbonyl (C=O) groups excluding carboxylic acids is 1. The lowest BCUT2D eigenvalue weighted by atomic mass is 10.1. The summed E-state index contributed by atoms with van der Waals surface area (Å²) in [6.07, 6.45) is 0.796. The summed E-state index contributed by atoms with van der Waals surface area (Å²) in [4.78, 5) is 10.7. The molecule has 0 aliphatic rings. The maximum atomic E-state index is 10.7. The first-order valence-corrected chi connectivity index (χ1v) is 4.62. The maximum Gasteiger partial charge on any atom is 0.150 e. The Labute approximate surface area is 79.0 Å². The second-order valence-corrected chi connectivity index (χ2v) is 3.67. The van der Waals surface area contributed by atoms with E-state index >= 15 is 0 Å². The first-order valence-electron chi connectivity index (χ1n) is 3.74. The third kappa shape index (κ3) is 1.07. The first kappa shape index (κ1) is 8.07. The van der Waals surface area contributed by atoms with Crippen molar-refractivity contribution in [1.82, 2.24) is 0 Å². The third-order valence-corrected chi connectivity index (χ3v) is 2.92. The molecule has 13 heavy (non-hydrogen) atoms. The molecule has 0 atom stereocenters. The van der Waals surface area contributed by atoms with Crippen molar-refractivity contribution in [1.29, 1.82) is 0 Å². The molecule has 0 fully saturated rings. The van der Waals surface area contributed by atoms with Gasteiger partial charge in [-0.3, -0.25) is 4.79 Å². The topological polar surface area (TPSA) is 69.1 Å². The average Bonchev–Trinajstić information content (AvgIpc) is 2.60. The molecule has 4 heteroatoms. The summed E-state index contributed by atoms with van der Waals surface area (Å²) in [5.41, 5.74) is 13.0. The Kier molecular flexibility index (Phi) is 1.70. The molecule has 4 N–H and O–H groups in total. The maximum absolute atomic E-state index is 10.7. The highest BCUT2D eigenvalue weighted by atomic mass is 32.1. The van der Waals surface area contributed by atoms with Gasteiger partial charge in [-0.2, -0.15) is 0 Å². The van der Waals surface area contributed by atoms with Gasteiger partial charge < -0.3 is 11.5 Å². The quantitative estimate of drug-likeness (QED) is 0.535. The van der Waals surface area contributed by atoms with Gasteiger partial charge in [-0.1, -0.05) is 0 Å². The number of hydrogen-bond acceptors (Lipinski definition) is 4. The number of fused-ring (bicyclic) bond motifs is 1. The minimum atomic E-state index is 0.469. The second-order valence-electron chi connectivity index (χ2n) is 2.75. The van der Waals surface area contributed by atoms with E-state index in [1.807, 2.05) is 11.4 Å². The van der Waals surface area contributed by atoms with Crippen LogP contribution in [0.5, 0.6) is 0 Å². The lowest BCUT2D eigenvalue weighted by Gasteiger charge is -2.02. The Morgan fingerprint density at radius 1 is 1.38 bits per heavy atom. The Hall–Kier alpha value is -1.55. The second kappa shape index (κ2) is 2.74. The molecule has 0 aliphatic carbocycles. The van der Waals surface area contributed by atoms with Crippen molar-refractivity contribution in [3.8, 4) is 0 Å². The zero-order chi connectivity index (χ0) is 9.42. The number of nitrogen functional groups attached to an aromatic ring is 2. The zero-order valence-electron chi connectivity index (χ0n) is 6.78. The molecule has 1 aromatic heterocycles. The molecule has 2 rings (SSSR count). The smallest absolute Gasteiger partial charge is 0.150 e. The van der Waals surface area contributed by atoms with E-state index in [0.29, 0.717) is 16.9 Å². The molecule has 0 unspecified atom stereocenters. The normalized spacial score (nSPS) is 10.5. The van der Waals surface area contributed by atoms with Gasteiger partial charge in [0.15, 0.2) is 6.29 Å². The van der Waals surface area contributed by atoms with Crippen LogP contribution in [0.2, 0.25) is 0 Å². The Morgan fingerprint density at radius 2 is 2.15 bits per heavy atom. The Balaban J connectivity index is 2.95. The van der Waals surface area contributed by atoms with Crippen molar-refractivity contribution in [2.24, 2.45) is 0 Å². The monoisotopic (exact) mass is 192 g/mol. The number of carbonyl (C=O) groups is 1. The number of rotatable bonds is 1. The molecule has 0 amide bonds. The van der Waals surface area contributed by atoms with Crippen molar-refractivity contribution in [2.75, 3.05) is 11.5 Å². The van der Waals surface area contributed by atoms with Crippen molar-refractivity contribution in [3.63, 3.8) is 0 Å². The van der Waals surface area contributed by atoms with E-state index in [9.17, 15) is 4.79 Å². The molecule has 1 heterocycles. The van der Waals surface area contributed by atoms with Crippen LogP contribution >= 0.6 is 11.3 Å². The predicted octanol–water partition coefficient (Wildman–Crippen LogP) is 1.88. The molecular formula is C9H8N2OS. The highest BCUT2D eigenvalue weighted by Gasteiger charge is 2.07. The number of hydrogen-bond donors (Lipinski definition) is 2. The van der Waals surface area contributed by atoms with Crippen molar-refractivity contribution in [3.05, 3.63) is 23.1 Å². The van der Waals surface area contributed by atoms with Crippen LogP contribution in [-0.2, 0) is 0 Å². The molecule has 0 spiro atoms. The van der Waals surface area contributed by atoms with Gasteiger partial charge in [-0.05, 0) is 17.5 Å². The van der Waals surface area contributed by atoms with Gasteiger partial charge in [0.05, 0.1) is 16.1 Å². The number of nitrogens with two attached hydrogens (primary N) is 2. The fourth-order valence-electron chi connectivity index (χ4n) is 1.30. The van der Waals surface area contributed by atoms with Crippen LogP contribution in [-0.4, -0.2) is 6.29 Å². The molecule has 1 aromatic carbocycles. The minimum Gasteiger partial charge on any atom is -0.397 e. The standard InChI is InChI=1S/C9H8N2OS/c10-7-3-5(4-12)6-1-2-13-9(6)8(7)11/h1-4H,10-11H2. The molecule has 2 aromatic rings. The van der Waals surface area contributed by atoms with Crippen LogP contribution in [0.15, 0.2) is 17.5 Å². The summed E-state index contributed by atoms with van der Waals surface area (Å²) < 4.78 is 0.891. The van der Waals surface area contributed by atoms with Gasteiger partial charge in [0.1, 0.15) is 0 Å². The average molecular weight is 192 g/mol. The molecule has 0 aliphatic heterocycles. The fraction of sp³-hybridized carbons (Fsp3) is 0. The van der Waals surface area contributed by atoms with Gasteiger partial charge in [0.25, 0.3) is 0 Å². The largest absolute Gasteiger partial charge is 0.397 e. The van der Waals surface area contributed by atoms with E-state index in [0.717, 1.165) is 16.4 Å². The summed E-state index contributed by atoms with van der Waals surface area (Å²) in [5, 5.41) is 2.78. The van der Waals surface area contributed by atoms with E-state index in [1.165, 1.54) is 11.3 Å². The van der Waals surface area contributed by atoms with Crippen LogP contribution in [0.4, 0.5) is 11.4 Å².